The van der Waals surface area contributed by atoms with Gasteiger partial charge in [-0.05, 0) is 25.5 Å². The molecular formula is C15H13N5S. The maximum atomic E-state index is 9.12. The van der Waals surface area contributed by atoms with Gasteiger partial charge in [-0.15, -0.1) is 10.2 Å². The molecule has 0 bridgehead atoms. The van der Waals surface area contributed by atoms with Crippen LogP contribution in [0.5, 0.6) is 0 Å². The van der Waals surface area contributed by atoms with E-state index in [1.54, 1.807) is 11.8 Å². The Kier molecular flexibility index (Phi) is 3.59. The minimum atomic E-state index is 0.678. The topological polar surface area (TPSA) is 66.9 Å². The number of nitrogens with zero attached hydrogens (tertiary/aromatic N) is 5. The zero-order valence-corrected chi connectivity index (χ0v) is 12.6. The monoisotopic (exact) mass is 295 g/mol. The highest BCUT2D eigenvalue weighted by atomic mass is 32.2. The third-order valence-electron chi connectivity index (χ3n) is 3.15. The second-order valence-electron chi connectivity index (χ2n) is 4.68. The fraction of sp³-hybridized carbons (Fsp3) is 0.200. The Balaban J connectivity index is 1.91. The van der Waals surface area contributed by atoms with Crippen molar-refractivity contribution in [1.82, 2.24) is 19.6 Å². The molecule has 0 spiro atoms. The van der Waals surface area contributed by atoms with Crippen LogP contribution >= 0.6 is 11.8 Å². The van der Waals surface area contributed by atoms with Crippen LogP contribution in [0.1, 0.15) is 22.6 Å². The second kappa shape index (κ2) is 5.54. The van der Waals surface area contributed by atoms with Gasteiger partial charge in [-0.2, -0.15) is 5.26 Å². The quantitative estimate of drug-likeness (QED) is 0.695. The Hall–Kier alpha value is -2.39. The maximum Gasteiger partial charge on any atom is 0.197 e. The highest BCUT2D eigenvalue weighted by molar-refractivity contribution is 7.98. The number of aromatic nitrogens is 4. The van der Waals surface area contributed by atoms with Crippen LogP contribution in [-0.2, 0) is 5.75 Å². The van der Waals surface area contributed by atoms with Crippen molar-refractivity contribution in [3.63, 3.8) is 0 Å². The van der Waals surface area contributed by atoms with Crippen LogP contribution in [-0.4, -0.2) is 19.6 Å². The molecule has 0 saturated carbocycles. The highest BCUT2D eigenvalue weighted by Crippen LogP contribution is 2.24. The van der Waals surface area contributed by atoms with Gasteiger partial charge < -0.3 is 0 Å². The summed E-state index contributed by atoms with van der Waals surface area (Å²) >= 11 is 1.56. The molecule has 3 aromatic rings. The van der Waals surface area contributed by atoms with Crippen LogP contribution in [0.2, 0.25) is 0 Å². The number of rotatable bonds is 3. The SMILES string of the molecule is Cc1cc2nnc(SCc3ccccc3C#N)n2c(C)n1. The summed E-state index contributed by atoms with van der Waals surface area (Å²) in [5, 5.41) is 18.3. The molecule has 0 unspecified atom stereocenters. The first-order valence-corrected chi connectivity index (χ1v) is 7.48. The lowest BCUT2D eigenvalue weighted by Crippen LogP contribution is -1.99. The maximum absolute atomic E-state index is 9.12. The van der Waals surface area contributed by atoms with E-state index in [0.29, 0.717) is 11.3 Å². The zero-order chi connectivity index (χ0) is 14.8. The molecule has 3 rings (SSSR count). The van der Waals surface area contributed by atoms with Gasteiger partial charge >= 0.3 is 0 Å². The fourth-order valence-corrected chi connectivity index (χ4v) is 3.18. The Morgan fingerprint density at radius 1 is 1.24 bits per heavy atom. The number of aryl methyl sites for hydroxylation is 2. The molecule has 0 aliphatic carbocycles. The normalized spacial score (nSPS) is 10.7. The molecule has 2 heterocycles. The first-order valence-electron chi connectivity index (χ1n) is 6.49. The molecule has 0 amide bonds. The minimum Gasteiger partial charge on any atom is -0.258 e. The smallest absolute Gasteiger partial charge is 0.197 e. The van der Waals surface area contributed by atoms with Crippen LogP contribution < -0.4 is 0 Å². The highest BCUT2D eigenvalue weighted by Gasteiger charge is 2.11. The van der Waals surface area contributed by atoms with E-state index in [1.807, 2.05) is 48.6 Å². The molecule has 0 N–H and O–H groups in total. The van der Waals surface area contributed by atoms with Crippen LogP contribution in [0.3, 0.4) is 0 Å². The van der Waals surface area contributed by atoms with Gasteiger partial charge in [-0.3, -0.25) is 4.40 Å². The van der Waals surface area contributed by atoms with Crippen molar-refractivity contribution in [2.24, 2.45) is 0 Å². The van der Waals surface area contributed by atoms with Crippen LogP contribution in [0.4, 0.5) is 0 Å². The Morgan fingerprint density at radius 2 is 2.05 bits per heavy atom. The first kappa shape index (κ1) is 13.6. The van der Waals surface area contributed by atoms with Gasteiger partial charge in [0.1, 0.15) is 5.82 Å². The fourth-order valence-electron chi connectivity index (χ4n) is 2.19. The van der Waals surface area contributed by atoms with Crippen LogP contribution in [0, 0.1) is 25.2 Å². The standard InChI is InChI=1S/C15H13N5S/c1-10-7-14-18-19-15(20(14)11(2)17-10)21-9-13-6-4-3-5-12(13)8-16/h3-7H,9H2,1-2H3. The summed E-state index contributed by atoms with van der Waals surface area (Å²) in [6.45, 7) is 3.88. The summed E-state index contributed by atoms with van der Waals surface area (Å²) in [6.07, 6.45) is 0. The molecule has 0 atom stereocenters. The average Bonchev–Trinajstić information content (AvgIpc) is 2.88. The van der Waals surface area contributed by atoms with Crippen LogP contribution in [0.25, 0.3) is 5.65 Å². The van der Waals surface area contributed by atoms with Gasteiger partial charge in [0.05, 0.1) is 11.6 Å². The van der Waals surface area contributed by atoms with Crippen molar-refractivity contribution < 1.29 is 0 Å². The van der Waals surface area contributed by atoms with Crippen molar-refractivity contribution in [3.8, 4) is 6.07 Å². The molecule has 0 aliphatic heterocycles. The van der Waals surface area contributed by atoms with Gasteiger partial charge in [0.15, 0.2) is 10.8 Å². The van der Waals surface area contributed by atoms with E-state index in [-0.39, 0.29) is 0 Å². The average molecular weight is 295 g/mol. The predicted octanol–water partition coefficient (Wildman–Crippen LogP) is 2.91. The number of benzene rings is 1. The van der Waals surface area contributed by atoms with E-state index in [4.69, 9.17) is 5.26 Å². The predicted molar refractivity (Wildman–Crippen MR) is 81.0 cm³/mol. The largest absolute Gasteiger partial charge is 0.258 e. The molecule has 21 heavy (non-hydrogen) atoms. The molecule has 0 saturated heterocycles. The van der Waals surface area contributed by atoms with E-state index in [1.165, 1.54) is 0 Å². The summed E-state index contributed by atoms with van der Waals surface area (Å²) in [7, 11) is 0. The summed E-state index contributed by atoms with van der Waals surface area (Å²) in [6, 6.07) is 11.7. The zero-order valence-electron chi connectivity index (χ0n) is 11.7. The van der Waals surface area contributed by atoms with Crippen molar-refractivity contribution >= 4 is 17.4 Å². The second-order valence-corrected chi connectivity index (χ2v) is 5.62. The number of thioether (sulfide) groups is 1. The number of hydrogen-bond donors (Lipinski definition) is 0. The van der Waals surface area contributed by atoms with E-state index < -0.39 is 0 Å². The molecule has 2 aromatic heterocycles. The number of fused-ring (bicyclic) bond motifs is 1. The van der Waals surface area contributed by atoms with Gasteiger partial charge in [-0.25, -0.2) is 4.98 Å². The summed E-state index contributed by atoms with van der Waals surface area (Å²) < 4.78 is 1.94. The van der Waals surface area contributed by atoms with Crippen molar-refractivity contribution in [2.45, 2.75) is 24.8 Å². The van der Waals surface area contributed by atoms with Gasteiger partial charge in [0.25, 0.3) is 0 Å². The summed E-state index contributed by atoms with van der Waals surface area (Å²) in [4.78, 5) is 4.44. The number of hydrogen-bond acceptors (Lipinski definition) is 5. The molecule has 104 valence electrons. The molecule has 0 aliphatic rings. The lowest BCUT2D eigenvalue weighted by atomic mass is 10.1. The van der Waals surface area contributed by atoms with E-state index >= 15 is 0 Å². The van der Waals surface area contributed by atoms with Crippen molar-refractivity contribution in [3.05, 3.63) is 53.0 Å². The van der Waals surface area contributed by atoms with E-state index in [9.17, 15) is 0 Å². The lowest BCUT2D eigenvalue weighted by Gasteiger charge is -2.05. The molecule has 0 radical (unpaired) electrons. The van der Waals surface area contributed by atoms with Gasteiger partial charge in [0, 0.05) is 17.5 Å². The van der Waals surface area contributed by atoms with E-state index in [0.717, 1.165) is 27.9 Å². The lowest BCUT2D eigenvalue weighted by molar-refractivity contribution is 0.854. The Labute approximate surface area is 126 Å². The first-order chi connectivity index (χ1) is 10.2. The third kappa shape index (κ3) is 2.60. The molecule has 6 heteroatoms. The van der Waals surface area contributed by atoms with Gasteiger partial charge in [-0.1, -0.05) is 30.0 Å². The number of nitriles is 1. The third-order valence-corrected chi connectivity index (χ3v) is 4.13. The van der Waals surface area contributed by atoms with Crippen molar-refractivity contribution in [2.75, 3.05) is 0 Å². The summed E-state index contributed by atoms with van der Waals surface area (Å²) in [5.41, 5.74) is 3.43. The van der Waals surface area contributed by atoms with E-state index in [2.05, 4.69) is 21.3 Å². The minimum absolute atomic E-state index is 0.678. The van der Waals surface area contributed by atoms with Gasteiger partial charge in [0.2, 0.25) is 0 Å². The van der Waals surface area contributed by atoms with Crippen LogP contribution in [0.15, 0.2) is 35.5 Å². The molecular weight excluding hydrogens is 282 g/mol. The summed E-state index contributed by atoms with van der Waals surface area (Å²) in [5.74, 6) is 1.55. The Morgan fingerprint density at radius 3 is 2.86 bits per heavy atom. The Bertz CT molecular complexity index is 847. The molecule has 1 aromatic carbocycles. The molecule has 0 fully saturated rings. The van der Waals surface area contributed by atoms with Crippen molar-refractivity contribution in [1.29, 1.82) is 5.26 Å². The molecule has 5 nitrogen and oxygen atoms in total.